The van der Waals surface area contributed by atoms with Crippen LogP contribution in [0.4, 0.5) is 0 Å². The van der Waals surface area contributed by atoms with Gasteiger partial charge in [0.1, 0.15) is 49.2 Å². The molecule has 12 N–H and O–H groups in total. The van der Waals surface area contributed by atoms with E-state index in [0.717, 1.165) is 115 Å². The van der Waals surface area contributed by atoms with E-state index in [4.69, 9.17) is 57.8 Å². The highest BCUT2D eigenvalue weighted by molar-refractivity contribution is 7.87. The second kappa shape index (κ2) is 45.8. The van der Waals surface area contributed by atoms with Crippen molar-refractivity contribution in [2.75, 3.05) is 0 Å². The van der Waals surface area contributed by atoms with Crippen LogP contribution < -0.4 is 42.5 Å². The lowest BCUT2D eigenvalue weighted by Crippen LogP contribution is -2.11. The molecule has 0 bridgehead atoms. The van der Waals surface area contributed by atoms with Gasteiger partial charge in [-0.15, -0.1) is 0 Å². The normalized spacial score (nSPS) is 11.6. The lowest BCUT2D eigenvalue weighted by Gasteiger charge is -2.12. The van der Waals surface area contributed by atoms with Crippen LogP contribution in [0.3, 0.4) is 0 Å². The van der Waals surface area contributed by atoms with E-state index in [9.17, 15) is 54.1 Å². The Bertz CT molecular complexity index is 7450. The number of benzene rings is 12. The van der Waals surface area contributed by atoms with Gasteiger partial charge in [-0.05, 0) is 240 Å². The minimum absolute atomic E-state index is 0.0567. The van der Waals surface area contributed by atoms with Crippen molar-refractivity contribution in [2.24, 2.45) is 35.4 Å². The summed E-state index contributed by atoms with van der Waals surface area (Å²) in [6, 6.07) is 85.6. The summed E-state index contributed by atoms with van der Waals surface area (Å²) in [7, 11) is -16.0. The Morgan fingerprint density at radius 2 is 0.579 bits per heavy atom. The number of phenols is 4. The molecule has 0 radical (unpaired) electrons. The fourth-order valence-electron chi connectivity index (χ4n) is 14.8. The van der Waals surface area contributed by atoms with Crippen molar-refractivity contribution in [3.05, 3.63) is 358 Å². The molecular weight excluding hydrogens is 1870 g/mol. The van der Waals surface area contributed by atoms with Gasteiger partial charge in [0.2, 0.25) is 0 Å². The molecule has 0 aliphatic heterocycles. The second-order valence-electron chi connectivity index (χ2n) is 33.7. The topological polar surface area (TPSA) is 467 Å². The summed E-state index contributed by atoms with van der Waals surface area (Å²) in [5.41, 5.74) is 20.0. The van der Waals surface area contributed by atoms with Crippen LogP contribution in [0.5, 0.6) is 46.0 Å². The van der Waals surface area contributed by atoms with Gasteiger partial charge >= 0.3 is 40.5 Å². The van der Waals surface area contributed by atoms with Gasteiger partial charge in [-0.25, -0.2) is 18.7 Å². The van der Waals surface area contributed by atoms with E-state index in [2.05, 4.69) is 56.9 Å². The van der Waals surface area contributed by atoms with Gasteiger partial charge in [0, 0.05) is 22.3 Å². The largest absolute Gasteiger partial charge is 0.504 e. The summed E-state index contributed by atoms with van der Waals surface area (Å²) in [6.07, 6.45) is 3.29. The average Bonchev–Trinajstić information content (AvgIpc) is 1.65. The first kappa shape index (κ1) is 103. The molecule has 0 saturated carbocycles. The molecule has 0 amide bonds. The molecule has 0 saturated heterocycles. The fraction of sp³-hybridized carbons (Fsp3) is 0.192. The molecule has 36 heteroatoms. The minimum atomic E-state index is -4.01. The Morgan fingerprint density at radius 1 is 0.307 bits per heavy atom. The number of rotatable bonds is 34. The van der Waals surface area contributed by atoms with Gasteiger partial charge in [0.25, 0.3) is 0 Å². The molecule has 0 fully saturated rings. The smallest absolute Gasteiger partial charge is 0.312 e. The maximum Gasteiger partial charge on any atom is 0.312 e. The summed E-state index contributed by atoms with van der Waals surface area (Å²) < 4.78 is 142. The lowest BCUT2D eigenvalue weighted by atomic mass is 10.0. The predicted octanol–water partition coefficient (Wildman–Crippen LogP) is 18.5. The highest BCUT2D eigenvalue weighted by Crippen LogP contribution is 2.39. The summed E-state index contributed by atoms with van der Waals surface area (Å²) in [6.45, 7) is 20.9. The molecule has 32 nitrogen and oxygen atoms in total. The molecule has 0 aliphatic carbocycles. The summed E-state index contributed by atoms with van der Waals surface area (Å²) in [4.78, 5) is -0.231. The Labute approximate surface area is 813 Å². The van der Waals surface area contributed by atoms with Crippen LogP contribution in [-0.2, 0) is 103 Å². The zero-order chi connectivity index (χ0) is 100. The van der Waals surface area contributed by atoms with Crippen LogP contribution >= 0.6 is 0 Å². The Morgan fingerprint density at radius 3 is 0.857 bits per heavy atom. The maximum absolute atomic E-state index is 11.9. The number of para-hydroxylation sites is 3. The van der Waals surface area contributed by atoms with Crippen molar-refractivity contribution < 1.29 is 90.2 Å². The Balaban J connectivity index is 0.000000157. The van der Waals surface area contributed by atoms with E-state index in [1.807, 2.05) is 179 Å². The predicted molar refractivity (Wildman–Crippen MR) is 530 cm³/mol. The van der Waals surface area contributed by atoms with Crippen molar-refractivity contribution in [1.82, 2.24) is 39.1 Å². The highest BCUT2D eigenvalue weighted by atomic mass is 32.2. The quantitative estimate of drug-likeness (QED) is 0.0174. The number of nitrogens with two attached hydrogens (primary N) is 4. The number of ether oxygens (including phenoxy) is 4. The molecule has 12 aromatic carbocycles. The van der Waals surface area contributed by atoms with Gasteiger partial charge in [0.05, 0.1) is 65.1 Å². The molecule has 4 heterocycles. The number of aromatic hydroxyl groups is 4. The third kappa shape index (κ3) is 25.8. The summed E-state index contributed by atoms with van der Waals surface area (Å²) in [5.74, 6) is 22.4. The molecule has 0 unspecified atom stereocenters. The number of nitrogens with zero attached hydrogens (tertiary/aromatic N) is 8. The van der Waals surface area contributed by atoms with E-state index < -0.39 is 40.5 Å². The molecule has 140 heavy (non-hydrogen) atoms. The molecule has 0 spiro atoms. The van der Waals surface area contributed by atoms with Gasteiger partial charge in [0.15, 0.2) is 46.0 Å². The monoisotopic (exact) mass is 1970 g/mol. The first-order valence-corrected chi connectivity index (χ1v) is 49.9. The second-order valence-corrected chi connectivity index (χ2v) is 40.0. The fourth-order valence-corrected chi connectivity index (χ4v) is 17.2. The molecule has 16 rings (SSSR count). The zero-order valence-corrected chi connectivity index (χ0v) is 81.6. The number of aryl methyl sites for hydroxylation is 6. The molecule has 0 aliphatic rings. The molecule has 728 valence electrons. The van der Waals surface area contributed by atoms with Gasteiger partial charge in [-0.1, -0.05) is 203 Å². The van der Waals surface area contributed by atoms with Crippen molar-refractivity contribution >= 4 is 40.5 Å². The number of phenolic OH excluding ortho intramolecular Hbond substituents is 4. The first-order valence-electron chi connectivity index (χ1n) is 44.3. The van der Waals surface area contributed by atoms with Crippen molar-refractivity contribution in [3.63, 3.8) is 0 Å². The van der Waals surface area contributed by atoms with Crippen LogP contribution in [0.25, 0.3) is 67.8 Å². The number of aromatic nitrogens is 8. The number of hydrogen-bond acceptors (Lipinski definition) is 28. The van der Waals surface area contributed by atoms with Gasteiger partial charge in [-0.3, -0.25) is 0 Å². The van der Waals surface area contributed by atoms with E-state index >= 15 is 0 Å². The third-order valence-corrected chi connectivity index (χ3v) is 26.5. The van der Waals surface area contributed by atoms with Crippen LogP contribution in [0, 0.1) is 46.5 Å². The minimum Gasteiger partial charge on any atom is -0.504 e. The van der Waals surface area contributed by atoms with E-state index in [1.165, 1.54) is 48.5 Å². The lowest BCUT2D eigenvalue weighted by molar-refractivity contribution is 0.283. The van der Waals surface area contributed by atoms with Gasteiger partial charge < -0.3 is 39.4 Å². The van der Waals surface area contributed by atoms with E-state index in [-0.39, 0.29) is 69.0 Å². The molecule has 0 atom stereocenters. The Kier molecular flexibility index (Phi) is 33.6. The SMILES string of the molecule is CCCc1cccc(OCc2cc(-c3ccc(C)cc3)n(-c3ccc(S(=O)(=O)ON)cc3)n2)c1O.Cc1ccc(-c2cc(COc3ccc(CC(C)C)cc3O)nn2-c2ccc(S(=O)(=O)ON)cc2)cc1.Cc1ccc(-c2cc(COc3cccc(C)c3O)nn2-c2ccc(S(=O)(=O)ON)cc2)cc1.Cc1ccc(-c2cc(COc3cccc(CC(C)C)c3O)nn2-c2ccc(S(=O)(=O)ON)cc2)cc1. The van der Waals surface area contributed by atoms with E-state index in [0.29, 0.717) is 80.4 Å². The van der Waals surface area contributed by atoms with Crippen molar-refractivity contribution in [2.45, 2.75) is 141 Å². The zero-order valence-electron chi connectivity index (χ0n) is 78.4. The van der Waals surface area contributed by atoms with Gasteiger partial charge in [-0.2, -0.15) is 94.8 Å². The number of hydrogen-bond donors (Lipinski definition) is 8. The standard InChI is InChI=1S/2C27H29N3O5S.C26H27N3O5S.C24H23N3O5S/c1-18(2)14-20-6-13-27(26(31)15-20)34-17-22-16-25(21-7-4-19(3)5-8-21)30(29-22)23-9-11-24(12-10-23)36(32,33)35-28;1-18(2)15-21-5-4-6-26(27(21)31)34-17-22-16-25(20-9-7-19(3)8-10-20)30(29-22)23-11-13-24(14-12-23)36(32,33)35-28;1-3-5-20-6-4-7-25(26(20)30)33-17-21-16-24(19-10-8-18(2)9-11-19)29(28-21)22-12-14-23(15-13-22)35(31,32)34-27;1-16-6-8-18(9-7-16)22-14-19(15-31-23-5-3-4-17(2)24(23)28)26-27(22)20-10-12-21(13-11-20)33(29,30)32-25/h4-13,15-16,18,31H,14,17,28H2,1-3H3;4-14,16,18,31H,15,17,28H2,1-3H3;4,6-16,30H,3,5,17,27H2,1-2H3;3-14,28H,15,25H2,1-2H3. The van der Waals surface area contributed by atoms with Crippen LogP contribution in [-0.4, -0.2) is 93.2 Å². The first-order chi connectivity index (χ1) is 66.9. The highest BCUT2D eigenvalue weighted by Gasteiger charge is 2.25. The Hall–Kier alpha value is -14.6. The average molecular weight is 1970 g/mol. The van der Waals surface area contributed by atoms with Crippen LogP contribution in [0.15, 0.2) is 311 Å². The van der Waals surface area contributed by atoms with E-state index in [1.54, 1.807) is 117 Å². The molecule has 16 aromatic rings. The summed E-state index contributed by atoms with van der Waals surface area (Å²) >= 11 is 0. The third-order valence-electron chi connectivity index (χ3n) is 22.1. The van der Waals surface area contributed by atoms with Crippen molar-refractivity contribution in [3.8, 4) is 114 Å². The van der Waals surface area contributed by atoms with Crippen LogP contribution in [0.1, 0.15) is 108 Å². The maximum atomic E-state index is 11.9. The molecular formula is C104H108N12O20S4. The summed E-state index contributed by atoms with van der Waals surface area (Å²) in [5, 5.41) is 60.6. The van der Waals surface area contributed by atoms with Crippen molar-refractivity contribution in [1.29, 1.82) is 0 Å². The van der Waals surface area contributed by atoms with Crippen LogP contribution in [0.2, 0.25) is 0 Å². The molecule has 4 aromatic heterocycles.